The van der Waals surface area contributed by atoms with Gasteiger partial charge in [-0.15, -0.1) is 0 Å². The number of ether oxygens (including phenoxy) is 1. The number of nitrogen functional groups attached to an aromatic ring is 1. The van der Waals surface area contributed by atoms with Gasteiger partial charge in [-0.05, 0) is 43.7 Å². The Kier molecular flexibility index (Phi) is 6.10. The predicted molar refractivity (Wildman–Crippen MR) is 139 cm³/mol. The molecule has 0 amide bonds. The quantitative estimate of drug-likeness (QED) is 0.564. The lowest BCUT2D eigenvalue weighted by Crippen LogP contribution is -2.35. The number of fused-ring (bicyclic) bond motifs is 2. The molecule has 3 heterocycles. The summed E-state index contributed by atoms with van der Waals surface area (Å²) >= 11 is 0. The third-order valence-electron chi connectivity index (χ3n) is 8.10. The molecule has 7 heteroatoms. The number of likely N-dealkylation sites (tertiary alicyclic amines) is 1. The third kappa shape index (κ3) is 4.61. The van der Waals surface area contributed by atoms with E-state index in [1.165, 1.54) is 45.1 Å². The number of nitrogens with zero attached hydrogens (tertiary/aromatic N) is 4. The lowest BCUT2D eigenvalue weighted by Gasteiger charge is -2.31. The molecule has 1 saturated carbocycles. The van der Waals surface area contributed by atoms with E-state index in [1.54, 1.807) is 6.07 Å². The molecule has 0 radical (unpaired) electrons. The minimum absolute atomic E-state index is 0.273. The van der Waals surface area contributed by atoms with E-state index in [0.29, 0.717) is 30.9 Å². The van der Waals surface area contributed by atoms with Crippen molar-refractivity contribution >= 4 is 22.3 Å². The molecule has 3 aromatic rings. The zero-order valence-electron chi connectivity index (χ0n) is 20.3. The van der Waals surface area contributed by atoms with Gasteiger partial charge < -0.3 is 20.5 Å². The number of phenolic OH excluding ortho intramolecular Hbond substituents is 1. The minimum Gasteiger partial charge on any atom is -0.508 e. The fourth-order valence-corrected chi connectivity index (χ4v) is 6.21. The van der Waals surface area contributed by atoms with Crippen LogP contribution in [0.5, 0.6) is 11.8 Å². The molecule has 3 aliphatic rings. The lowest BCUT2D eigenvalue weighted by molar-refractivity contribution is 0.171. The average Bonchev–Trinajstić information content (AvgIpc) is 3.36. The maximum absolute atomic E-state index is 10.3. The molecule has 2 aromatic carbocycles. The van der Waals surface area contributed by atoms with Gasteiger partial charge in [0.25, 0.3) is 0 Å². The van der Waals surface area contributed by atoms with Crippen molar-refractivity contribution < 1.29 is 9.84 Å². The van der Waals surface area contributed by atoms with Crippen molar-refractivity contribution in [2.24, 2.45) is 5.92 Å². The molecule has 1 aliphatic carbocycles. The average molecular weight is 474 g/mol. The fraction of sp³-hybridized carbons (Fsp3) is 0.500. The van der Waals surface area contributed by atoms with Crippen LogP contribution in [0.1, 0.15) is 49.8 Å². The summed E-state index contributed by atoms with van der Waals surface area (Å²) < 4.78 is 6.12. The van der Waals surface area contributed by atoms with Crippen LogP contribution in [0.2, 0.25) is 0 Å². The molecule has 1 atom stereocenters. The summed E-state index contributed by atoms with van der Waals surface area (Å²) in [4.78, 5) is 14.2. The van der Waals surface area contributed by atoms with Gasteiger partial charge in [-0.3, -0.25) is 4.90 Å². The van der Waals surface area contributed by atoms with Gasteiger partial charge in [0.05, 0.1) is 18.8 Å². The van der Waals surface area contributed by atoms with Crippen molar-refractivity contribution in [3.63, 3.8) is 0 Å². The Morgan fingerprint density at radius 2 is 1.89 bits per heavy atom. The molecule has 1 saturated heterocycles. The number of rotatable bonds is 5. The van der Waals surface area contributed by atoms with E-state index in [4.69, 9.17) is 15.5 Å². The standard InChI is InChI=1S/C28H35N5O2/c29-27-24-11-13-33(26-15-22(34)14-20-6-4-5-9-23(20)26)17-25(24)30-28(31-27)35-18-19-10-12-32(16-19)21-7-2-1-3-8-21/h4-6,9,14-15,19,21,34H,1-3,7-8,10-13,16-18H2,(H2,29,30,31). The third-order valence-corrected chi connectivity index (χ3v) is 8.10. The number of anilines is 2. The summed E-state index contributed by atoms with van der Waals surface area (Å²) in [7, 11) is 0. The van der Waals surface area contributed by atoms with Gasteiger partial charge in [0.1, 0.15) is 11.6 Å². The van der Waals surface area contributed by atoms with Crippen molar-refractivity contribution in [1.82, 2.24) is 14.9 Å². The van der Waals surface area contributed by atoms with Gasteiger partial charge in [0.2, 0.25) is 0 Å². The number of aromatic hydroxyl groups is 1. The summed E-state index contributed by atoms with van der Waals surface area (Å²) in [6.07, 6.45) is 8.79. The fourth-order valence-electron chi connectivity index (χ4n) is 6.21. The van der Waals surface area contributed by atoms with Crippen LogP contribution in [0.15, 0.2) is 36.4 Å². The van der Waals surface area contributed by atoms with E-state index in [-0.39, 0.29) is 5.75 Å². The van der Waals surface area contributed by atoms with E-state index in [1.807, 2.05) is 24.3 Å². The number of phenols is 1. The van der Waals surface area contributed by atoms with Crippen molar-refractivity contribution in [2.45, 2.75) is 57.5 Å². The first-order valence-corrected chi connectivity index (χ1v) is 13.1. The Balaban J connectivity index is 1.15. The van der Waals surface area contributed by atoms with Crippen LogP contribution in [0.4, 0.5) is 11.5 Å². The van der Waals surface area contributed by atoms with Crippen molar-refractivity contribution in [3.8, 4) is 11.8 Å². The Labute approximate surface area is 206 Å². The summed E-state index contributed by atoms with van der Waals surface area (Å²) in [6.45, 7) is 4.35. The second kappa shape index (κ2) is 9.53. The molecule has 2 fully saturated rings. The molecule has 0 bridgehead atoms. The zero-order valence-corrected chi connectivity index (χ0v) is 20.3. The number of hydrogen-bond acceptors (Lipinski definition) is 7. The van der Waals surface area contributed by atoms with Crippen LogP contribution in [0.25, 0.3) is 10.8 Å². The highest BCUT2D eigenvalue weighted by Crippen LogP contribution is 2.35. The molecular weight excluding hydrogens is 438 g/mol. The molecule has 184 valence electrons. The predicted octanol–water partition coefficient (Wildman–Crippen LogP) is 4.51. The first kappa shape index (κ1) is 22.4. The minimum atomic E-state index is 0.273. The van der Waals surface area contributed by atoms with Crippen LogP contribution >= 0.6 is 0 Å². The van der Waals surface area contributed by atoms with Gasteiger partial charge in [0.15, 0.2) is 0 Å². The first-order valence-electron chi connectivity index (χ1n) is 13.1. The summed E-state index contributed by atoms with van der Waals surface area (Å²) in [5.74, 6) is 1.32. The normalized spacial score (nSPS) is 21.4. The second-order valence-corrected chi connectivity index (χ2v) is 10.4. The van der Waals surface area contributed by atoms with Crippen LogP contribution in [-0.2, 0) is 13.0 Å². The Bertz CT molecular complexity index is 1210. The Morgan fingerprint density at radius 1 is 1.03 bits per heavy atom. The highest BCUT2D eigenvalue weighted by Gasteiger charge is 2.30. The van der Waals surface area contributed by atoms with E-state index in [0.717, 1.165) is 53.3 Å². The first-order chi connectivity index (χ1) is 17.1. The van der Waals surface area contributed by atoms with Gasteiger partial charge in [-0.1, -0.05) is 43.5 Å². The Morgan fingerprint density at radius 3 is 2.77 bits per heavy atom. The molecule has 3 N–H and O–H groups in total. The monoisotopic (exact) mass is 473 g/mol. The number of benzene rings is 2. The van der Waals surface area contributed by atoms with E-state index in [2.05, 4.69) is 20.9 Å². The van der Waals surface area contributed by atoms with Crippen molar-refractivity contribution in [1.29, 1.82) is 0 Å². The van der Waals surface area contributed by atoms with Crippen LogP contribution in [0.3, 0.4) is 0 Å². The van der Waals surface area contributed by atoms with Crippen LogP contribution in [0, 0.1) is 5.92 Å². The smallest absolute Gasteiger partial charge is 0.318 e. The molecule has 6 rings (SSSR count). The highest BCUT2D eigenvalue weighted by molar-refractivity contribution is 5.95. The summed E-state index contributed by atoms with van der Waals surface area (Å²) in [5, 5.41) is 12.5. The van der Waals surface area contributed by atoms with Crippen molar-refractivity contribution in [3.05, 3.63) is 47.7 Å². The summed E-state index contributed by atoms with van der Waals surface area (Å²) in [6, 6.07) is 13.0. The maximum atomic E-state index is 10.3. The van der Waals surface area contributed by atoms with Gasteiger partial charge in [0, 0.05) is 47.8 Å². The van der Waals surface area contributed by atoms with Crippen LogP contribution < -0.4 is 15.4 Å². The maximum Gasteiger partial charge on any atom is 0.318 e. The molecule has 0 spiro atoms. The number of aromatic nitrogens is 2. The van der Waals surface area contributed by atoms with Gasteiger partial charge in [-0.25, -0.2) is 0 Å². The lowest BCUT2D eigenvalue weighted by atomic mass is 9.94. The molecule has 1 unspecified atom stereocenters. The van der Waals surface area contributed by atoms with Gasteiger partial charge >= 0.3 is 6.01 Å². The number of nitrogens with two attached hydrogens (primary N) is 1. The second-order valence-electron chi connectivity index (χ2n) is 10.4. The molecular formula is C28H35N5O2. The molecule has 2 aliphatic heterocycles. The summed E-state index contributed by atoms with van der Waals surface area (Å²) in [5.41, 5.74) is 9.29. The zero-order chi connectivity index (χ0) is 23.8. The largest absolute Gasteiger partial charge is 0.508 e. The molecule has 7 nitrogen and oxygen atoms in total. The molecule has 35 heavy (non-hydrogen) atoms. The van der Waals surface area contributed by atoms with E-state index >= 15 is 0 Å². The van der Waals surface area contributed by atoms with Gasteiger partial charge in [-0.2, -0.15) is 9.97 Å². The highest BCUT2D eigenvalue weighted by atomic mass is 16.5. The SMILES string of the molecule is Nc1nc(OCC2CCN(C3CCCCC3)C2)nc2c1CCN(c1cc(O)cc3ccccc13)C2. The topological polar surface area (TPSA) is 87.7 Å². The van der Waals surface area contributed by atoms with Crippen molar-refractivity contribution in [2.75, 3.05) is 36.9 Å². The van der Waals surface area contributed by atoms with Crippen LogP contribution in [-0.4, -0.2) is 52.3 Å². The number of hydrogen-bond donors (Lipinski definition) is 2. The Hall–Kier alpha value is -3.06. The molecule has 1 aromatic heterocycles. The van der Waals surface area contributed by atoms with E-state index in [9.17, 15) is 5.11 Å². The van der Waals surface area contributed by atoms with E-state index < -0.39 is 0 Å².